The molecule has 0 radical (unpaired) electrons. The van der Waals surface area contributed by atoms with E-state index in [4.69, 9.17) is 16.3 Å². The number of benzene rings is 1. The molecule has 1 aromatic carbocycles. The Kier molecular flexibility index (Phi) is 6.12. The van der Waals surface area contributed by atoms with Crippen molar-refractivity contribution < 1.29 is 14.3 Å². The van der Waals surface area contributed by atoms with Crippen LogP contribution in [0, 0.1) is 12.8 Å². The van der Waals surface area contributed by atoms with Gasteiger partial charge in [-0.15, -0.1) is 11.3 Å². The van der Waals surface area contributed by atoms with Crippen molar-refractivity contribution in [1.29, 1.82) is 0 Å². The Morgan fingerprint density at radius 1 is 1.21 bits per heavy atom. The highest BCUT2D eigenvalue weighted by atomic mass is 35.5. The molecule has 33 heavy (non-hydrogen) atoms. The molecule has 172 valence electrons. The zero-order valence-electron chi connectivity index (χ0n) is 18.7. The van der Waals surface area contributed by atoms with Crippen molar-refractivity contribution in [2.75, 3.05) is 13.1 Å². The maximum atomic E-state index is 12.1. The van der Waals surface area contributed by atoms with Crippen LogP contribution in [-0.2, 0) is 16.1 Å². The molecule has 2 atom stereocenters. The number of halogens is 1. The van der Waals surface area contributed by atoms with Crippen molar-refractivity contribution in [3.05, 3.63) is 45.9 Å². The van der Waals surface area contributed by atoms with Gasteiger partial charge in [0.1, 0.15) is 11.9 Å². The van der Waals surface area contributed by atoms with Crippen LogP contribution in [0.4, 0.5) is 0 Å². The van der Waals surface area contributed by atoms with E-state index in [1.54, 1.807) is 17.5 Å². The van der Waals surface area contributed by atoms with E-state index in [1.807, 2.05) is 31.2 Å². The molecular formula is C25H26ClN3O3S. The van der Waals surface area contributed by atoms with Crippen LogP contribution >= 0.6 is 22.9 Å². The van der Waals surface area contributed by atoms with Crippen LogP contribution in [-0.4, -0.2) is 40.9 Å². The molecule has 2 saturated heterocycles. The number of aryl methyl sites for hydroxylation is 1. The topological polar surface area (TPSA) is 71.5 Å². The second-order valence-corrected chi connectivity index (χ2v) is 10.5. The zero-order valence-corrected chi connectivity index (χ0v) is 20.3. The number of hydrogen-bond donors (Lipinski definition) is 1. The van der Waals surface area contributed by atoms with Crippen LogP contribution in [0.5, 0.6) is 5.75 Å². The number of rotatable bonds is 5. The first-order valence-electron chi connectivity index (χ1n) is 11.3. The highest BCUT2D eigenvalue weighted by molar-refractivity contribution is 7.19. The zero-order chi connectivity index (χ0) is 23.1. The van der Waals surface area contributed by atoms with Gasteiger partial charge in [0.2, 0.25) is 11.8 Å². The number of fused-ring (bicyclic) bond motifs is 1. The minimum Gasteiger partial charge on any atom is -0.488 e. The SMILES string of the molecule is Cc1cc(Cl)cc(-c2ccnc3cc(CN4C(=O)CCC4=O)sc23)c1O[C@@H]1CNCC[C@@H]1C. The second-order valence-electron chi connectivity index (χ2n) is 8.88. The molecule has 2 aliphatic rings. The van der Waals surface area contributed by atoms with E-state index in [0.29, 0.717) is 30.3 Å². The summed E-state index contributed by atoms with van der Waals surface area (Å²) in [5.74, 6) is 1.08. The fourth-order valence-electron chi connectivity index (χ4n) is 4.59. The molecule has 3 aromatic rings. The van der Waals surface area contributed by atoms with E-state index in [0.717, 1.165) is 57.0 Å². The number of ether oxygens (including phenoxy) is 1. The summed E-state index contributed by atoms with van der Waals surface area (Å²) in [5, 5.41) is 4.08. The number of carbonyl (C=O) groups is 2. The summed E-state index contributed by atoms with van der Waals surface area (Å²) in [5.41, 5.74) is 3.76. The smallest absolute Gasteiger partial charge is 0.230 e. The molecule has 1 N–H and O–H groups in total. The summed E-state index contributed by atoms with van der Waals surface area (Å²) in [6, 6.07) is 7.83. The van der Waals surface area contributed by atoms with Gasteiger partial charge in [0, 0.05) is 46.6 Å². The third kappa shape index (κ3) is 4.37. The van der Waals surface area contributed by atoms with Gasteiger partial charge in [-0.3, -0.25) is 19.5 Å². The van der Waals surface area contributed by atoms with Crippen LogP contribution in [0.25, 0.3) is 21.3 Å². The number of carbonyl (C=O) groups excluding carboxylic acids is 2. The number of thiophene rings is 1. The first kappa shape index (κ1) is 22.3. The van der Waals surface area contributed by atoms with E-state index in [1.165, 1.54) is 4.90 Å². The first-order valence-corrected chi connectivity index (χ1v) is 12.5. The Labute approximate surface area is 201 Å². The van der Waals surface area contributed by atoms with E-state index in [9.17, 15) is 9.59 Å². The summed E-state index contributed by atoms with van der Waals surface area (Å²) < 4.78 is 7.59. The van der Waals surface area contributed by atoms with Crippen LogP contribution in [0.2, 0.25) is 5.02 Å². The van der Waals surface area contributed by atoms with Gasteiger partial charge in [-0.25, -0.2) is 0 Å². The minimum absolute atomic E-state index is 0.0841. The Morgan fingerprint density at radius 2 is 2.00 bits per heavy atom. The highest BCUT2D eigenvalue weighted by Gasteiger charge is 2.30. The monoisotopic (exact) mass is 483 g/mol. The lowest BCUT2D eigenvalue weighted by Gasteiger charge is -2.31. The van der Waals surface area contributed by atoms with Crippen molar-refractivity contribution in [1.82, 2.24) is 15.2 Å². The normalized spacial score (nSPS) is 21.2. The lowest BCUT2D eigenvalue weighted by molar-refractivity contribution is -0.138. The molecule has 2 fully saturated rings. The lowest BCUT2D eigenvalue weighted by Crippen LogP contribution is -2.43. The summed E-state index contributed by atoms with van der Waals surface area (Å²) in [4.78, 5) is 31.0. The number of amides is 2. The van der Waals surface area contributed by atoms with Gasteiger partial charge in [0.05, 0.1) is 16.8 Å². The van der Waals surface area contributed by atoms with Crippen molar-refractivity contribution in [3.8, 4) is 16.9 Å². The van der Waals surface area contributed by atoms with Crippen molar-refractivity contribution in [2.24, 2.45) is 5.92 Å². The predicted molar refractivity (Wildman–Crippen MR) is 131 cm³/mol. The fourth-order valence-corrected chi connectivity index (χ4v) is 5.99. The molecule has 6 nitrogen and oxygen atoms in total. The molecule has 0 saturated carbocycles. The van der Waals surface area contributed by atoms with Gasteiger partial charge in [0.15, 0.2) is 0 Å². The van der Waals surface area contributed by atoms with Gasteiger partial charge in [-0.2, -0.15) is 0 Å². The number of likely N-dealkylation sites (tertiary alicyclic amines) is 1. The first-order chi connectivity index (χ1) is 15.9. The summed E-state index contributed by atoms with van der Waals surface area (Å²) >= 11 is 8.04. The fraction of sp³-hybridized carbons (Fsp3) is 0.400. The minimum atomic E-state index is -0.109. The van der Waals surface area contributed by atoms with E-state index >= 15 is 0 Å². The number of piperidine rings is 1. The third-order valence-corrected chi connectivity index (χ3v) is 7.85. The van der Waals surface area contributed by atoms with Gasteiger partial charge in [-0.1, -0.05) is 18.5 Å². The molecule has 2 amide bonds. The molecule has 0 bridgehead atoms. The molecule has 4 heterocycles. The summed E-state index contributed by atoms with van der Waals surface area (Å²) in [6.07, 6.45) is 3.54. The number of nitrogens with one attached hydrogen (secondary N) is 1. The number of aromatic nitrogens is 1. The van der Waals surface area contributed by atoms with Gasteiger partial charge < -0.3 is 10.1 Å². The Morgan fingerprint density at radius 3 is 2.76 bits per heavy atom. The Bertz CT molecular complexity index is 1230. The molecular weight excluding hydrogens is 458 g/mol. The quantitative estimate of drug-likeness (QED) is 0.520. The average Bonchev–Trinajstić information content (AvgIpc) is 3.34. The molecule has 0 aliphatic carbocycles. The van der Waals surface area contributed by atoms with Crippen molar-refractivity contribution >= 4 is 45.0 Å². The number of pyridine rings is 1. The van der Waals surface area contributed by atoms with Crippen LogP contribution in [0.15, 0.2) is 30.5 Å². The average molecular weight is 484 g/mol. The Hall–Kier alpha value is -2.48. The number of hydrogen-bond acceptors (Lipinski definition) is 6. The Balaban J connectivity index is 1.55. The van der Waals surface area contributed by atoms with Crippen molar-refractivity contribution in [2.45, 2.75) is 45.8 Å². The lowest BCUT2D eigenvalue weighted by atomic mass is 9.96. The van der Waals surface area contributed by atoms with E-state index in [-0.39, 0.29) is 17.9 Å². The largest absolute Gasteiger partial charge is 0.488 e. The molecule has 2 aliphatic heterocycles. The number of imide groups is 1. The van der Waals surface area contributed by atoms with Crippen molar-refractivity contribution in [3.63, 3.8) is 0 Å². The van der Waals surface area contributed by atoms with Crippen LogP contribution in [0.1, 0.15) is 36.6 Å². The second kappa shape index (κ2) is 9.05. The third-order valence-electron chi connectivity index (χ3n) is 6.49. The van der Waals surface area contributed by atoms with Gasteiger partial charge in [0.25, 0.3) is 0 Å². The van der Waals surface area contributed by atoms with Gasteiger partial charge in [-0.05, 0) is 55.6 Å². The molecule has 0 spiro atoms. The van der Waals surface area contributed by atoms with Crippen LogP contribution < -0.4 is 10.1 Å². The van der Waals surface area contributed by atoms with E-state index < -0.39 is 0 Å². The van der Waals surface area contributed by atoms with Crippen LogP contribution in [0.3, 0.4) is 0 Å². The maximum Gasteiger partial charge on any atom is 0.230 e. The molecule has 8 heteroatoms. The maximum absolute atomic E-state index is 12.1. The summed E-state index contributed by atoms with van der Waals surface area (Å²) in [7, 11) is 0. The van der Waals surface area contributed by atoms with Gasteiger partial charge >= 0.3 is 0 Å². The highest BCUT2D eigenvalue weighted by Crippen LogP contribution is 2.42. The molecule has 2 aromatic heterocycles. The predicted octanol–water partition coefficient (Wildman–Crippen LogP) is 4.95. The molecule has 5 rings (SSSR count). The number of nitrogens with zero attached hydrogens (tertiary/aromatic N) is 2. The molecule has 0 unspecified atom stereocenters. The van der Waals surface area contributed by atoms with E-state index in [2.05, 4.69) is 17.2 Å². The standard InChI is InChI=1S/C25H26ClN3O3S/c1-14-5-7-27-12-21(14)32-24-15(2)9-16(26)10-19(24)18-6-8-28-20-11-17(33-25(18)20)13-29-22(30)3-4-23(29)31/h6,8-11,14,21,27H,3-5,7,12-13H2,1-2H3/t14-,21+/m0/s1. The summed E-state index contributed by atoms with van der Waals surface area (Å²) in [6.45, 7) is 6.37.